The second kappa shape index (κ2) is 7.82. The number of nitrogens with zero attached hydrogens (tertiary/aromatic N) is 1. The van der Waals surface area contributed by atoms with Crippen molar-refractivity contribution in [3.05, 3.63) is 54.6 Å². The van der Waals surface area contributed by atoms with Crippen molar-refractivity contribution in [2.24, 2.45) is 0 Å². The summed E-state index contributed by atoms with van der Waals surface area (Å²) in [5.74, 6) is 1.11. The second-order valence-corrected chi connectivity index (χ2v) is 5.82. The quantitative estimate of drug-likeness (QED) is 0.794. The highest BCUT2D eigenvalue weighted by Crippen LogP contribution is 2.34. The highest BCUT2D eigenvalue weighted by Gasteiger charge is 2.25. The molecule has 7 nitrogen and oxygen atoms in total. The summed E-state index contributed by atoms with van der Waals surface area (Å²) in [6, 6.07) is 10.1. The summed E-state index contributed by atoms with van der Waals surface area (Å²) in [7, 11) is 3.04. The summed E-state index contributed by atoms with van der Waals surface area (Å²) in [5.41, 5.74) is 1.59. The maximum absolute atomic E-state index is 12.6. The molecule has 1 heterocycles. The molecule has 3 rings (SSSR count). The number of ether oxygens (including phenoxy) is 3. The number of hydrogen-bond acceptors (Lipinski definition) is 5. The van der Waals surface area contributed by atoms with Crippen molar-refractivity contribution in [2.45, 2.75) is 0 Å². The summed E-state index contributed by atoms with van der Waals surface area (Å²) in [5, 5.41) is 2.82. The SMILES string of the molecule is C=CCN1C(=O)COc2cc(NC(=O)c3cc(OC)cc(OC)c3)ccc21. The van der Waals surface area contributed by atoms with E-state index in [1.165, 1.54) is 14.2 Å². The minimum atomic E-state index is -0.318. The molecule has 2 aromatic rings. The number of carbonyl (C=O) groups excluding carboxylic acids is 2. The molecule has 27 heavy (non-hydrogen) atoms. The molecule has 2 amide bonds. The lowest BCUT2D eigenvalue weighted by Crippen LogP contribution is -2.38. The topological polar surface area (TPSA) is 77.1 Å². The van der Waals surface area contributed by atoms with Crippen LogP contribution >= 0.6 is 0 Å². The van der Waals surface area contributed by atoms with Crippen molar-refractivity contribution in [1.82, 2.24) is 0 Å². The molecule has 0 spiro atoms. The van der Waals surface area contributed by atoms with Gasteiger partial charge in [0.2, 0.25) is 0 Å². The molecular formula is C20H20N2O5. The van der Waals surface area contributed by atoms with Crippen molar-refractivity contribution < 1.29 is 23.8 Å². The van der Waals surface area contributed by atoms with Crippen molar-refractivity contribution in [3.8, 4) is 17.2 Å². The predicted molar refractivity (Wildman–Crippen MR) is 102 cm³/mol. The first-order valence-corrected chi connectivity index (χ1v) is 8.28. The molecule has 0 radical (unpaired) electrons. The molecule has 0 fully saturated rings. The van der Waals surface area contributed by atoms with Crippen LogP contribution in [0.5, 0.6) is 17.2 Å². The molecule has 1 aliphatic heterocycles. The third-order valence-corrected chi connectivity index (χ3v) is 4.09. The molecule has 140 valence electrons. The Balaban J connectivity index is 1.83. The molecule has 7 heteroatoms. The number of nitrogens with one attached hydrogen (secondary N) is 1. The number of hydrogen-bond donors (Lipinski definition) is 1. The molecular weight excluding hydrogens is 348 g/mol. The summed E-state index contributed by atoms with van der Waals surface area (Å²) in [4.78, 5) is 26.2. The smallest absolute Gasteiger partial charge is 0.265 e. The van der Waals surface area contributed by atoms with E-state index in [0.29, 0.717) is 40.7 Å². The Kier molecular flexibility index (Phi) is 5.30. The molecule has 0 bridgehead atoms. The van der Waals surface area contributed by atoms with Gasteiger partial charge in [-0.25, -0.2) is 0 Å². The van der Waals surface area contributed by atoms with Crippen molar-refractivity contribution in [1.29, 1.82) is 0 Å². The van der Waals surface area contributed by atoms with Gasteiger partial charge in [0.15, 0.2) is 6.61 Å². The Morgan fingerprint density at radius 1 is 1.22 bits per heavy atom. The van der Waals surface area contributed by atoms with Gasteiger partial charge < -0.3 is 24.4 Å². The van der Waals surface area contributed by atoms with Crippen molar-refractivity contribution in [2.75, 3.05) is 37.6 Å². The lowest BCUT2D eigenvalue weighted by Gasteiger charge is -2.28. The molecule has 0 aromatic heterocycles. The number of rotatable bonds is 6. The zero-order valence-electron chi connectivity index (χ0n) is 15.2. The van der Waals surface area contributed by atoms with Gasteiger partial charge in [-0.05, 0) is 24.3 Å². The maximum Gasteiger partial charge on any atom is 0.265 e. The van der Waals surface area contributed by atoms with E-state index in [2.05, 4.69) is 11.9 Å². The van der Waals surface area contributed by atoms with E-state index in [0.717, 1.165) is 0 Å². The molecule has 2 aromatic carbocycles. The monoisotopic (exact) mass is 368 g/mol. The molecule has 0 aliphatic carbocycles. The van der Waals surface area contributed by atoms with Crippen LogP contribution in [0, 0.1) is 0 Å². The van der Waals surface area contributed by atoms with Crippen LogP contribution < -0.4 is 24.4 Å². The van der Waals surface area contributed by atoms with Gasteiger partial charge in [0, 0.05) is 29.9 Å². The molecule has 0 unspecified atom stereocenters. The number of benzene rings is 2. The van der Waals surface area contributed by atoms with Crippen LogP contribution in [0.1, 0.15) is 10.4 Å². The van der Waals surface area contributed by atoms with Crippen LogP contribution in [-0.2, 0) is 4.79 Å². The lowest BCUT2D eigenvalue weighted by atomic mass is 10.1. The van der Waals surface area contributed by atoms with Crippen LogP contribution in [-0.4, -0.2) is 39.2 Å². The van der Waals surface area contributed by atoms with E-state index in [9.17, 15) is 9.59 Å². The summed E-state index contributed by atoms with van der Waals surface area (Å²) in [6.45, 7) is 4.01. The average Bonchev–Trinajstić information content (AvgIpc) is 2.69. The number of carbonyl (C=O) groups is 2. The highest BCUT2D eigenvalue weighted by molar-refractivity contribution is 6.05. The van der Waals surface area contributed by atoms with Crippen LogP contribution in [0.2, 0.25) is 0 Å². The zero-order valence-corrected chi connectivity index (χ0v) is 15.2. The van der Waals surface area contributed by atoms with E-state index in [-0.39, 0.29) is 18.4 Å². The van der Waals surface area contributed by atoms with Gasteiger partial charge >= 0.3 is 0 Å². The van der Waals surface area contributed by atoms with Crippen LogP contribution in [0.4, 0.5) is 11.4 Å². The summed E-state index contributed by atoms with van der Waals surface area (Å²) < 4.78 is 15.9. The standard InChI is InChI=1S/C20H20N2O5/c1-4-7-22-17-6-5-14(10-18(17)27-12-19(22)23)21-20(24)13-8-15(25-2)11-16(9-13)26-3/h4-6,8-11H,1,7,12H2,2-3H3,(H,21,24). The largest absolute Gasteiger partial charge is 0.497 e. The molecule has 0 saturated carbocycles. The number of methoxy groups -OCH3 is 2. The molecule has 1 N–H and O–H groups in total. The summed E-state index contributed by atoms with van der Waals surface area (Å²) >= 11 is 0. The Labute approximate surface area is 157 Å². The number of anilines is 2. The van der Waals surface area contributed by atoms with Gasteiger partial charge in [-0.15, -0.1) is 6.58 Å². The molecule has 0 atom stereocenters. The Morgan fingerprint density at radius 3 is 2.56 bits per heavy atom. The van der Waals surface area contributed by atoms with E-state index in [1.54, 1.807) is 47.4 Å². The fraction of sp³-hybridized carbons (Fsp3) is 0.200. The predicted octanol–water partition coefficient (Wildman–Crippen LogP) is 2.87. The maximum atomic E-state index is 12.6. The minimum Gasteiger partial charge on any atom is -0.497 e. The van der Waals surface area contributed by atoms with Gasteiger partial charge in [-0.2, -0.15) is 0 Å². The second-order valence-electron chi connectivity index (χ2n) is 5.82. The summed E-state index contributed by atoms with van der Waals surface area (Å²) in [6.07, 6.45) is 1.65. The van der Waals surface area contributed by atoms with Crippen molar-refractivity contribution >= 4 is 23.2 Å². The lowest BCUT2D eigenvalue weighted by molar-refractivity contribution is -0.121. The number of amides is 2. The Morgan fingerprint density at radius 2 is 1.93 bits per heavy atom. The molecule has 1 aliphatic rings. The fourth-order valence-electron chi connectivity index (χ4n) is 2.75. The zero-order chi connectivity index (χ0) is 19.4. The van der Waals surface area contributed by atoms with Gasteiger partial charge in [-0.3, -0.25) is 9.59 Å². The Hall–Kier alpha value is -3.48. The fourth-order valence-corrected chi connectivity index (χ4v) is 2.75. The minimum absolute atomic E-state index is 0.0503. The first-order valence-electron chi connectivity index (χ1n) is 8.28. The number of fused-ring (bicyclic) bond motifs is 1. The van der Waals surface area contributed by atoms with E-state index in [1.807, 2.05) is 0 Å². The van der Waals surface area contributed by atoms with Gasteiger partial charge in [0.05, 0.1) is 19.9 Å². The molecule has 0 saturated heterocycles. The first kappa shape index (κ1) is 18.3. The van der Waals surface area contributed by atoms with Gasteiger partial charge in [-0.1, -0.05) is 6.08 Å². The van der Waals surface area contributed by atoms with E-state index in [4.69, 9.17) is 14.2 Å². The first-order chi connectivity index (χ1) is 13.0. The van der Waals surface area contributed by atoms with Crippen molar-refractivity contribution in [3.63, 3.8) is 0 Å². The Bertz CT molecular complexity index is 872. The third-order valence-electron chi connectivity index (χ3n) is 4.09. The van der Waals surface area contributed by atoms with Crippen LogP contribution in [0.15, 0.2) is 49.1 Å². The van der Waals surface area contributed by atoms with E-state index < -0.39 is 0 Å². The van der Waals surface area contributed by atoms with Gasteiger partial charge in [0.1, 0.15) is 17.2 Å². The van der Waals surface area contributed by atoms with Gasteiger partial charge in [0.25, 0.3) is 11.8 Å². The van der Waals surface area contributed by atoms with Crippen LogP contribution in [0.3, 0.4) is 0 Å². The third kappa shape index (κ3) is 3.87. The average molecular weight is 368 g/mol. The highest BCUT2D eigenvalue weighted by atomic mass is 16.5. The normalized spacial score (nSPS) is 12.7. The van der Waals surface area contributed by atoms with E-state index >= 15 is 0 Å². The van der Waals surface area contributed by atoms with Crippen LogP contribution in [0.25, 0.3) is 0 Å².